The van der Waals surface area contributed by atoms with Crippen LogP contribution in [0.3, 0.4) is 0 Å². The molecule has 1 aliphatic heterocycles. The molecular weight excluding hydrogens is 366 g/mol. The van der Waals surface area contributed by atoms with Crippen molar-refractivity contribution in [1.29, 1.82) is 0 Å². The fourth-order valence-electron chi connectivity index (χ4n) is 3.87. The van der Waals surface area contributed by atoms with Crippen LogP contribution in [0.25, 0.3) is 0 Å². The van der Waals surface area contributed by atoms with Crippen LogP contribution < -0.4 is 0 Å². The molecule has 0 saturated carbocycles. The number of carbonyl (C=O) groups excluding carboxylic acids is 2. The van der Waals surface area contributed by atoms with Crippen LogP contribution in [0.4, 0.5) is 0 Å². The topological polar surface area (TPSA) is 37.4 Å². The average Bonchev–Trinajstić information content (AvgIpc) is 3.29. The molecule has 1 fully saturated rings. The maximum atomic E-state index is 13.1. The highest BCUT2D eigenvalue weighted by molar-refractivity contribution is 7.12. The Kier molecular flexibility index (Phi) is 5.68. The first-order chi connectivity index (χ1) is 13.7. The summed E-state index contributed by atoms with van der Waals surface area (Å²) in [5, 5.41) is 1.88. The quantitative estimate of drug-likeness (QED) is 0.571. The van der Waals surface area contributed by atoms with Gasteiger partial charge in [-0.3, -0.25) is 9.59 Å². The van der Waals surface area contributed by atoms with Gasteiger partial charge < -0.3 is 4.90 Å². The third-order valence-electron chi connectivity index (χ3n) is 5.42. The maximum absolute atomic E-state index is 13.1. The van der Waals surface area contributed by atoms with E-state index in [0.717, 1.165) is 32.4 Å². The number of thiophene rings is 1. The summed E-state index contributed by atoms with van der Waals surface area (Å²) in [5.41, 5.74) is 2.38. The van der Waals surface area contributed by atoms with Gasteiger partial charge in [-0.1, -0.05) is 54.6 Å². The SMILES string of the molecule is O=C(c1cccs1)c1ccccc1C(=O)N1CCC(Cc2ccccc2)CC1. The van der Waals surface area contributed by atoms with Crippen molar-refractivity contribution in [2.75, 3.05) is 13.1 Å². The minimum absolute atomic E-state index is 0.0290. The molecule has 0 atom stereocenters. The number of rotatable bonds is 5. The third kappa shape index (κ3) is 4.07. The number of likely N-dealkylation sites (tertiary alicyclic amines) is 1. The van der Waals surface area contributed by atoms with Crippen LogP contribution in [0, 0.1) is 5.92 Å². The fourth-order valence-corrected chi connectivity index (χ4v) is 4.54. The van der Waals surface area contributed by atoms with Gasteiger partial charge >= 0.3 is 0 Å². The molecule has 0 bridgehead atoms. The standard InChI is InChI=1S/C24H23NO2S/c26-23(22-11-6-16-28-22)20-9-4-5-10-21(20)24(27)25-14-12-19(13-15-25)17-18-7-2-1-3-8-18/h1-11,16,19H,12-15,17H2. The lowest BCUT2D eigenvalue weighted by Gasteiger charge is -2.32. The number of ketones is 1. The van der Waals surface area contributed by atoms with Crippen LogP contribution in [0.2, 0.25) is 0 Å². The summed E-state index contributed by atoms with van der Waals surface area (Å²) in [6, 6.07) is 21.4. The van der Waals surface area contributed by atoms with Gasteiger partial charge in [-0.15, -0.1) is 11.3 Å². The largest absolute Gasteiger partial charge is 0.339 e. The van der Waals surface area contributed by atoms with Gasteiger partial charge in [0, 0.05) is 18.7 Å². The van der Waals surface area contributed by atoms with Gasteiger partial charge in [-0.25, -0.2) is 0 Å². The number of piperidine rings is 1. The second-order valence-corrected chi connectivity index (χ2v) is 8.23. The van der Waals surface area contributed by atoms with Crippen LogP contribution >= 0.6 is 11.3 Å². The summed E-state index contributed by atoms with van der Waals surface area (Å²) >= 11 is 1.41. The number of nitrogens with zero attached hydrogens (tertiary/aromatic N) is 1. The molecule has 0 aliphatic carbocycles. The highest BCUT2D eigenvalue weighted by Gasteiger charge is 2.26. The van der Waals surface area contributed by atoms with E-state index in [1.165, 1.54) is 16.9 Å². The van der Waals surface area contributed by atoms with Gasteiger partial charge in [0.1, 0.15) is 0 Å². The zero-order valence-corrected chi connectivity index (χ0v) is 16.5. The molecule has 0 spiro atoms. The van der Waals surface area contributed by atoms with E-state index in [1.54, 1.807) is 12.1 Å². The molecule has 1 aliphatic rings. The molecule has 1 amide bonds. The van der Waals surface area contributed by atoms with E-state index in [0.29, 0.717) is 21.9 Å². The molecule has 1 aromatic heterocycles. The van der Waals surface area contributed by atoms with Crippen molar-refractivity contribution in [2.24, 2.45) is 5.92 Å². The summed E-state index contributed by atoms with van der Waals surface area (Å²) in [7, 11) is 0. The van der Waals surface area contributed by atoms with Crippen LogP contribution in [0.5, 0.6) is 0 Å². The Labute approximate surface area is 169 Å². The van der Waals surface area contributed by atoms with E-state index in [-0.39, 0.29) is 11.7 Å². The summed E-state index contributed by atoms with van der Waals surface area (Å²) in [6.07, 6.45) is 3.07. The van der Waals surface area contributed by atoms with Crippen molar-refractivity contribution in [3.05, 3.63) is 93.7 Å². The Hall–Kier alpha value is -2.72. The number of carbonyl (C=O) groups is 2. The second kappa shape index (κ2) is 8.53. The van der Waals surface area contributed by atoms with Crippen molar-refractivity contribution in [2.45, 2.75) is 19.3 Å². The summed E-state index contributed by atoms with van der Waals surface area (Å²) in [4.78, 5) is 28.5. The van der Waals surface area contributed by atoms with E-state index in [2.05, 4.69) is 24.3 Å². The highest BCUT2D eigenvalue weighted by atomic mass is 32.1. The highest BCUT2D eigenvalue weighted by Crippen LogP contribution is 2.25. The van der Waals surface area contributed by atoms with Gasteiger partial charge in [0.15, 0.2) is 0 Å². The van der Waals surface area contributed by atoms with Gasteiger partial charge in [-0.05, 0) is 48.3 Å². The van der Waals surface area contributed by atoms with Crippen molar-refractivity contribution < 1.29 is 9.59 Å². The maximum Gasteiger partial charge on any atom is 0.254 e. The minimum Gasteiger partial charge on any atom is -0.339 e. The van der Waals surface area contributed by atoms with E-state index in [9.17, 15) is 9.59 Å². The Balaban J connectivity index is 1.44. The van der Waals surface area contributed by atoms with E-state index >= 15 is 0 Å². The first kappa shape index (κ1) is 18.6. The molecule has 3 aromatic rings. The normalized spacial score (nSPS) is 14.8. The predicted octanol–water partition coefficient (Wildman–Crippen LogP) is 5.07. The van der Waals surface area contributed by atoms with Crippen LogP contribution in [0.15, 0.2) is 72.1 Å². The van der Waals surface area contributed by atoms with Crippen LogP contribution in [0.1, 0.15) is 44.0 Å². The molecule has 0 unspecified atom stereocenters. The van der Waals surface area contributed by atoms with Crippen molar-refractivity contribution >= 4 is 23.0 Å². The molecule has 0 N–H and O–H groups in total. The van der Waals surface area contributed by atoms with Crippen molar-refractivity contribution in [3.8, 4) is 0 Å². The lowest BCUT2D eigenvalue weighted by atomic mass is 9.89. The van der Waals surface area contributed by atoms with Crippen LogP contribution in [-0.2, 0) is 6.42 Å². The number of benzene rings is 2. The molecule has 28 heavy (non-hydrogen) atoms. The van der Waals surface area contributed by atoms with Crippen molar-refractivity contribution in [3.63, 3.8) is 0 Å². The third-order valence-corrected chi connectivity index (χ3v) is 6.28. The summed E-state index contributed by atoms with van der Waals surface area (Å²) < 4.78 is 0. The molecule has 0 radical (unpaired) electrons. The monoisotopic (exact) mass is 389 g/mol. The van der Waals surface area contributed by atoms with Crippen LogP contribution in [-0.4, -0.2) is 29.7 Å². The molecule has 4 heteroatoms. The molecule has 2 heterocycles. The predicted molar refractivity (Wildman–Crippen MR) is 113 cm³/mol. The molecule has 2 aromatic carbocycles. The zero-order valence-electron chi connectivity index (χ0n) is 15.7. The average molecular weight is 390 g/mol. The lowest BCUT2D eigenvalue weighted by molar-refractivity contribution is 0.0687. The Morgan fingerprint density at radius 2 is 1.54 bits per heavy atom. The first-order valence-corrected chi connectivity index (χ1v) is 10.6. The number of hydrogen-bond acceptors (Lipinski definition) is 3. The second-order valence-electron chi connectivity index (χ2n) is 7.28. The molecule has 3 nitrogen and oxygen atoms in total. The van der Waals surface area contributed by atoms with Gasteiger partial charge in [-0.2, -0.15) is 0 Å². The smallest absolute Gasteiger partial charge is 0.254 e. The molecule has 1 saturated heterocycles. The molecule has 142 valence electrons. The Morgan fingerprint density at radius 1 is 0.857 bits per heavy atom. The van der Waals surface area contributed by atoms with Gasteiger partial charge in [0.2, 0.25) is 5.78 Å². The number of amides is 1. The molecule has 4 rings (SSSR count). The van der Waals surface area contributed by atoms with Gasteiger partial charge in [0.05, 0.1) is 10.4 Å². The minimum atomic E-state index is -0.0714. The Morgan fingerprint density at radius 3 is 2.21 bits per heavy atom. The molecular formula is C24H23NO2S. The zero-order chi connectivity index (χ0) is 19.3. The van der Waals surface area contributed by atoms with E-state index in [4.69, 9.17) is 0 Å². The summed E-state index contributed by atoms with van der Waals surface area (Å²) in [6.45, 7) is 1.50. The van der Waals surface area contributed by atoms with E-state index < -0.39 is 0 Å². The fraction of sp³-hybridized carbons (Fsp3) is 0.250. The van der Waals surface area contributed by atoms with Crippen molar-refractivity contribution in [1.82, 2.24) is 4.90 Å². The Bertz CT molecular complexity index is 942. The summed E-state index contributed by atoms with van der Waals surface area (Å²) in [5.74, 6) is 0.506. The van der Waals surface area contributed by atoms with Gasteiger partial charge in [0.25, 0.3) is 5.91 Å². The van der Waals surface area contributed by atoms with E-state index in [1.807, 2.05) is 40.6 Å². The number of hydrogen-bond donors (Lipinski definition) is 0. The first-order valence-electron chi connectivity index (χ1n) is 9.73. The lowest BCUT2D eigenvalue weighted by Crippen LogP contribution is -2.39.